The second kappa shape index (κ2) is 9.30. The van der Waals surface area contributed by atoms with Crippen LogP contribution in [0.25, 0.3) is 0 Å². The van der Waals surface area contributed by atoms with Gasteiger partial charge in [0.15, 0.2) is 5.16 Å². The molecule has 3 rings (SSSR count). The molecule has 10 heteroatoms. The fourth-order valence-electron chi connectivity index (χ4n) is 2.61. The van der Waals surface area contributed by atoms with Crippen LogP contribution in [0, 0.1) is 6.92 Å². The van der Waals surface area contributed by atoms with Crippen LogP contribution in [-0.2, 0) is 10.0 Å². The van der Waals surface area contributed by atoms with Crippen molar-refractivity contribution in [2.75, 3.05) is 17.9 Å². The molecule has 0 fully saturated rings. The number of nitrogens with zero attached hydrogens (tertiary/aromatic N) is 1. The quantitative estimate of drug-likeness (QED) is 0.320. The van der Waals surface area contributed by atoms with Crippen molar-refractivity contribution in [3.8, 4) is 5.75 Å². The van der Waals surface area contributed by atoms with E-state index < -0.39 is 10.0 Å². The summed E-state index contributed by atoms with van der Waals surface area (Å²) in [6, 6.07) is 13.4. The van der Waals surface area contributed by atoms with E-state index in [1.807, 2.05) is 13.0 Å². The molecule has 0 radical (unpaired) electrons. The van der Waals surface area contributed by atoms with E-state index in [1.54, 1.807) is 42.6 Å². The van der Waals surface area contributed by atoms with Gasteiger partial charge >= 0.3 is 0 Å². The van der Waals surface area contributed by atoms with Gasteiger partial charge in [0.1, 0.15) is 12.4 Å². The molecule has 0 atom stereocenters. The Morgan fingerprint density at radius 2 is 1.93 bits per heavy atom. The monoisotopic (exact) mass is 454 g/mol. The van der Waals surface area contributed by atoms with E-state index >= 15 is 0 Å². The van der Waals surface area contributed by atoms with Crippen LogP contribution in [0.4, 0.5) is 5.69 Å². The van der Waals surface area contributed by atoms with Crippen LogP contribution >= 0.6 is 23.4 Å². The standard InChI is InChI=1S/C19H20Cl2N4O3S/c1-14-11-15(24-29(26,27)17-5-3-2-4-6-17)13-16(12-14)28-10-9-22-18-7-8-23-25(21)19(18)20/h2-8,11-13,22-24H,9-10H2,1H3. The Morgan fingerprint density at radius 3 is 2.69 bits per heavy atom. The summed E-state index contributed by atoms with van der Waals surface area (Å²) in [5.41, 5.74) is 4.68. The average Bonchev–Trinajstić information content (AvgIpc) is 2.68. The number of hydrogen-bond acceptors (Lipinski definition) is 6. The summed E-state index contributed by atoms with van der Waals surface area (Å²) in [7, 11) is -3.67. The van der Waals surface area contributed by atoms with Crippen LogP contribution < -0.4 is 20.2 Å². The number of hydrazine groups is 1. The van der Waals surface area contributed by atoms with Gasteiger partial charge in [-0.15, -0.1) is 0 Å². The van der Waals surface area contributed by atoms with Gasteiger partial charge in [0.25, 0.3) is 10.0 Å². The first-order valence-electron chi connectivity index (χ1n) is 8.70. The van der Waals surface area contributed by atoms with Crippen LogP contribution in [0.1, 0.15) is 5.56 Å². The molecule has 1 aliphatic rings. The molecular weight excluding hydrogens is 435 g/mol. The van der Waals surface area contributed by atoms with E-state index in [2.05, 4.69) is 15.5 Å². The summed E-state index contributed by atoms with van der Waals surface area (Å²) in [5.74, 6) is 0.553. The van der Waals surface area contributed by atoms with E-state index in [0.717, 1.165) is 10.1 Å². The summed E-state index contributed by atoms with van der Waals surface area (Å²) in [6.45, 7) is 2.68. The van der Waals surface area contributed by atoms with Crippen molar-refractivity contribution in [3.63, 3.8) is 0 Å². The van der Waals surface area contributed by atoms with Crippen molar-refractivity contribution in [1.29, 1.82) is 0 Å². The SMILES string of the molecule is Cc1cc(NS(=O)(=O)c2ccccc2)cc(OCCNC2=C(Cl)N(Cl)NC=C2)c1. The van der Waals surface area contributed by atoms with Crippen LogP contribution in [-0.4, -0.2) is 26.1 Å². The van der Waals surface area contributed by atoms with Gasteiger partial charge in [-0.25, -0.2) is 8.42 Å². The molecule has 2 aromatic carbocycles. The normalized spacial score (nSPS) is 13.8. The van der Waals surface area contributed by atoms with Crippen LogP contribution in [0.5, 0.6) is 5.75 Å². The molecule has 154 valence electrons. The number of aryl methyl sites for hydroxylation is 1. The predicted molar refractivity (Wildman–Crippen MR) is 115 cm³/mol. The third-order valence-corrected chi connectivity index (χ3v) is 6.00. The van der Waals surface area contributed by atoms with Gasteiger partial charge in [-0.05, 0) is 42.8 Å². The van der Waals surface area contributed by atoms with E-state index in [0.29, 0.717) is 35.4 Å². The highest BCUT2D eigenvalue weighted by molar-refractivity contribution is 7.92. The molecule has 2 aromatic rings. The highest BCUT2D eigenvalue weighted by Gasteiger charge is 2.15. The van der Waals surface area contributed by atoms with Crippen molar-refractivity contribution in [2.45, 2.75) is 11.8 Å². The van der Waals surface area contributed by atoms with E-state index in [9.17, 15) is 8.42 Å². The second-order valence-electron chi connectivity index (χ2n) is 6.18. The lowest BCUT2D eigenvalue weighted by Crippen LogP contribution is -2.30. The fraction of sp³-hybridized carbons (Fsp3) is 0.158. The summed E-state index contributed by atoms with van der Waals surface area (Å²) in [4.78, 5) is 0.196. The number of sulfonamides is 1. The maximum atomic E-state index is 12.5. The van der Waals surface area contributed by atoms with Crippen molar-refractivity contribution < 1.29 is 13.2 Å². The number of ether oxygens (including phenoxy) is 1. The third kappa shape index (κ3) is 5.72. The topological polar surface area (TPSA) is 82.7 Å². The molecule has 0 aromatic heterocycles. The van der Waals surface area contributed by atoms with Gasteiger partial charge in [-0.2, -0.15) is 4.53 Å². The molecule has 1 aliphatic heterocycles. The molecular formula is C19H20Cl2N4O3S. The molecule has 0 spiro atoms. The fourth-order valence-corrected chi connectivity index (χ4v) is 4.00. The first-order valence-corrected chi connectivity index (χ1v) is 10.9. The van der Waals surface area contributed by atoms with Crippen molar-refractivity contribution >= 4 is 39.1 Å². The lowest BCUT2D eigenvalue weighted by molar-refractivity contribution is 0.318. The number of halogens is 2. The van der Waals surface area contributed by atoms with Crippen LogP contribution in [0.2, 0.25) is 0 Å². The van der Waals surface area contributed by atoms with Crippen molar-refractivity contribution in [1.82, 2.24) is 15.3 Å². The second-order valence-corrected chi connectivity index (χ2v) is 8.55. The zero-order valence-electron chi connectivity index (χ0n) is 15.5. The Balaban J connectivity index is 1.61. The third-order valence-electron chi connectivity index (χ3n) is 3.88. The Hall–Kier alpha value is -2.55. The maximum absolute atomic E-state index is 12.5. The summed E-state index contributed by atoms with van der Waals surface area (Å²) >= 11 is 11.9. The van der Waals surface area contributed by atoms with E-state index in [4.69, 9.17) is 28.1 Å². The summed E-state index contributed by atoms with van der Waals surface area (Å²) in [5, 5.41) is 3.44. The molecule has 3 N–H and O–H groups in total. The van der Waals surface area contributed by atoms with Gasteiger partial charge in [-0.3, -0.25) is 10.1 Å². The molecule has 0 saturated carbocycles. The molecule has 0 unspecified atom stereocenters. The van der Waals surface area contributed by atoms with E-state index in [-0.39, 0.29) is 4.90 Å². The predicted octanol–water partition coefficient (Wildman–Crippen LogP) is 3.66. The largest absolute Gasteiger partial charge is 0.492 e. The average molecular weight is 455 g/mol. The number of anilines is 1. The molecule has 0 aliphatic carbocycles. The molecule has 29 heavy (non-hydrogen) atoms. The van der Waals surface area contributed by atoms with Crippen molar-refractivity contribution in [3.05, 3.63) is 77.2 Å². The van der Waals surface area contributed by atoms with Gasteiger partial charge in [0.05, 0.1) is 16.3 Å². The molecule has 7 nitrogen and oxygen atoms in total. The lowest BCUT2D eigenvalue weighted by Gasteiger charge is -2.21. The van der Waals surface area contributed by atoms with Crippen molar-refractivity contribution in [2.24, 2.45) is 0 Å². The maximum Gasteiger partial charge on any atom is 0.261 e. The Bertz CT molecular complexity index is 1030. The number of benzene rings is 2. The first kappa shape index (κ1) is 21.2. The molecule has 0 amide bonds. The zero-order valence-corrected chi connectivity index (χ0v) is 17.9. The number of rotatable bonds is 8. The number of nitrogens with one attached hydrogen (secondary N) is 3. The van der Waals surface area contributed by atoms with Gasteiger partial charge in [0, 0.05) is 30.6 Å². The minimum Gasteiger partial charge on any atom is -0.492 e. The minimum absolute atomic E-state index is 0.196. The van der Waals surface area contributed by atoms with Gasteiger partial charge < -0.3 is 10.1 Å². The molecule has 0 saturated heterocycles. The van der Waals surface area contributed by atoms with E-state index in [1.165, 1.54) is 12.1 Å². The zero-order chi connectivity index (χ0) is 20.9. The summed E-state index contributed by atoms with van der Waals surface area (Å²) < 4.78 is 34.5. The number of hydrogen-bond donors (Lipinski definition) is 3. The first-order chi connectivity index (χ1) is 13.8. The van der Waals surface area contributed by atoms with Crippen LogP contribution in [0.15, 0.2) is 76.6 Å². The minimum atomic E-state index is -3.67. The Labute approximate surface area is 180 Å². The smallest absolute Gasteiger partial charge is 0.261 e. The Morgan fingerprint density at radius 1 is 1.17 bits per heavy atom. The van der Waals surface area contributed by atoms with Gasteiger partial charge in [-0.1, -0.05) is 29.8 Å². The number of allylic oxidation sites excluding steroid dienone is 1. The molecule has 0 bridgehead atoms. The summed E-state index contributed by atoms with van der Waals surface area (Å²) in [6.07, 6.45) is 3.40. The lowest BCUT2D eigenvalue weighted by atomic mass is 10.2. The van der Waals surface area contributed by atoms with Crippen LogP contribution in [0.3, 0.4) is 0 Å². The highest BCUT2D eigenvalue weighted by atomic mass is 35.5. The Kier molecular flexibility index (Phi) is 6.79. The van der Waals surface area contributed by atoms with Gasteiger partial charge in [0.2, 0.25) is 0 Å². The molecule has 1 heterocycles. The highest BCUT2D eigenvalue weighted by Crippen LogP contribution is 2.23.